The van der Waals surface area contributed by atoms with Crippen molar-refractivity contribution in [3.8, 4) is 0 Å². The highest BCUT2D eigenvalue weighted by atomic mass is 32.2. The maximum atomic E-state index is 12.1. The number of rotatable bonds is 7. The number of aliphatic hydroxyl groups is 1. The molecule has 0 aliphatic heterocycles. The summed E-state index contributed by atoms with van der Waals surface area (Å²) in [5.41, 5.74) is 0. The van der Waals surface area contributed by atoms with Crippen molar-refractivity contribution in [3.05, 3.63) is 18.2 Å². The molecule has 2 heterocycles. The standard InChI is InChI=1S/C9H15N7O3S/c1-7(9-11-14-15-12-9)13-20(18,19)8-5-10-16(6-8)3-2-4-17/h5-7,13,17H,2-4H2,1H3,(H,11,12,14,15). The molecule has 1 atom stereocenters. The molecular formula is C9H15N7O3S. The van der Waals surface area contributed by atoms with Crippen LogP contribution in [0.15, 0.2) is 17.3 Å². The maximum absolute atomic E-state index is 12.1. The molecular weight excluding hydrogens is 286 g/mol. The summed E-state index contributed by atoms with van der Waals surface area (Å²) in [6, 6.07) is -0.612. The van der Waals surface area contributed by atoms with E-state index in [-0.39, 0.29) is 17.3 Å². The summed E-state index contributed by atoms with van der Waals surface area (Å²) in [4.78, 5) is 0.0470. The Morgan fingerprint density at radius 1 is 1.55 bits per heavy atom. The summed E-state index contributed by atoms with van der Waals surface area (Å²) in [7, 11) is -3.71. The van der Waals surface area contributed by atoms with Crippen molar-refractivity contribution in [2.45, 2.75) is 30.8 Å². The Hall–Kier alpha value is -1.85. The lowest BCUT2D eigenvalue weighted by Gasteiger charge is -2.08. The van der Waals surface area contributed by atoms with Gasteiger partial charge in [-0.2, -0.15) is 10.3 Å². The number of nitrogens with zero attached hydrogens (tertiary/aromatic N) is 5. The Bertz CT molecular complexity index is 636. The number of sulfonamides is 1. The van der Waals surface area contributed by atoms with E-state index in [1.165, 1.54) is 17.1 Å². The lowest BCUT2D eigenvalue weighted by atomic mass is 10.4. The van der Waals surface area contributed by atoms with Gasteiger partial charge in [0.05, 0.1) is 12.2 Å². The summed E-state index contributed by atoms with van der Waals surface area (Å²) in [6.45, 7) is 2.08. The fourth-order valence-electron chi connectivity index (χ4n) is 1.54. The summed E-state index contributed by atoms with van der Waals surface area (Å²) in [5.74, 6) is 0.251. The van der Waals surface area contributed by atoms with Gasteiger partial charge in [-0.3, -0.25) is 4.68 Å². The first-order valence-corrected chi connectivity index (χ1v) is 7.40. The molecule has 0 amide bonds. The van der Waals surface area contributed by atoms with Crippen LogP contribution in [-0.2, 0) is 16.6 Å². The third kappa shape index (κ3) is 3.37. The number of hydrogen-bond acceptors (Lipinski definition) is 7. The van der Waals surface area contributed by atoms with Gasteiger partial charge >= 0.3 is 0 Å². The van der Waals surface area contributed by atoms with Crippen molar-refractivity contribution in [1.82, 2.24) is 35.1 Å². The molecule has 0 spiro atoms. The molecule has 0 aromatic carbocycles. The molecule has 0 saturated heterocycles. The van der Waals surface area contributed by atoms with Crippen LogP contribution >= 0.6 is 0 Å². The first-order valence-electron chi connectivity index (χ1n) is 5.92. The van der Waals surface area contributed by atoms with E-state index in [1.807, 2.05) is 0 Å². The van der Waals surface area contributed by atoms with Gasteiger partial charge in [-0.25, -0.2) is 13.1 Å². The average molecular weight is 301 g/mol. The van der Waals surface area contributed by atoms with Crippen molar-refractivity contribution >= 4 is 10.0 Å². The zero-order valence-electron chi connectivity index (χ0n) is 10.8. The van der Waals surface area contributed by atoms with Crippen LogP contribution < -0.4 is 4.72 Å². The van der Waals surface area contributed by atoms with Gasteiger partial charge in [0, 0.05) is 19.3 Å². The number of aromatic nitrogens is 6. The Morgan fingerprint density at radius 3 is 3.00 bits per heavy atom. The van der Waals surface area contributed by atoms with Gasteiger partial charge in [0.1, 0.15) is 4.90 Å². The van der Waals surface area contributed by atoms with Gasteiger partial charge in [-0.05, 0) is 13.3 Å². The smallest absolute Gasteiger partial charge is 0.244 e. The van der Waals surface area contributed by atoms with Crippen molar-refractivity contribution in [1.29, 1.82) is 0 Å². The summed E-state index contributed by atoms with van der Waals surface area (Å²) in [5, 5.41) is 25.7. The number of H-pyrrole nitrogens is 1. The number of tetrazole rings is 1. The van der Waals surface area contributed by atoms with E-state index in [0.717, 1.165) is 0 Å². The molecule has 0 aliphatic rings. The average Bonchev–Trinajstić information content (AvgIpc) is 3.07. The quantitative estimate of drug-likeness (QED) is 0.585. The highest BCUT2D eigenvalue weighted by Crippen LogP contribution is 2.12. The van der Waals surface area contributed by atoms with Crippen molar-refractivity contribution < 1.29 is 13.5 Å². The Balaban J connectivity index is 2.08. The van der Waals surface area contributed by atoms with E-state index < -0.39 is 16.1 Å². The largest absolute Gasteiger partial charge is 0.396 e. The van der Waals surface area contributed by atoms with E-state index >= 15 is 0 Å². The van der Waals surface area contributed by atoms with Crippen LogP contribution in [0.2, 0.25) is 0 Å². The topological polar surface area (TPSA) is 139 Å². The molecule has 2 rings (SSSR count). The van der Waals surface area contributed by atoms with Crippen LogP contribution in [0.25, 0.3) is 0 Å². The highest BCUT2D eigenvalue weighted by molar-refractivity contribution is 7.89. The molecule has 10 nitrogen and oxygen atoms in total. The summed E-state index contributed by atoms with van der Waals surface area (Å²) < 4.78 is 28.1. The second kappa shape index (κ2) is 6.07. The van der Waals surface area contributed by atoms with Crippen LogP contribution in [0.3, 0.4) is 0 Å². The van der Waals surface area contributed by atoms with E-state index in [1.54, 1.807) is 6.92 Å². The monoisotopic (exact) mass is 301 g/mol. The molecule has 0 saturated carbocycles. The minimum Gasteiger partial charge on any atom is -0.396 e. The lowest BCUT2D eigenvalue weighted by molar-refractivity contribution is 0.277. The van der Waals surface area contributed by atoms with Gasteiger partial charge in [0.25, 0.3) is 0 Å². The molecule has 3 N–H and O–H groups in total. The zero-order chi connectivity index (χ0) is 14.6. The molecule has 0 fully saturated rings. The van der Waals surface area contributed by atoms with Gasteiger partial charge in [0.2, 0.25) is 10.0 Å². The third-order valence-corrected chi connectivity index (χ3v) is 4.04. The van der Waals surface area contributed by atoms with E-state index in [4.69, 9.17) is 5.11 Å². The minimum atomic E-state index is -3.71. The normalized spacial score (nSPS) is 13.5. The molecule has 20 heavy (non-hydrogen) atoms. The zero-order valence-corrected chi connectivity index (χ0v) is 11.6. The Labute approximate surface area is 115 Å². The number of hydrogen-bond donors (Lipinski definition) is 3. The van der Waals surface area contributed by atoms with Crippen molar-refractivity contribution in [2.24, 2.45) is 0 Å². The number of aryl methyl sites for hydroxylation is 1. The molecule has 2 aromatic heterocycles. The van der Waals surface area contributed by atoms with E-state index in [0.29, 0.717) is 13.0 Å². The van der Waals surface area contributed by atoms with Crippen LogP contribution in [-0.4, -0.2) is 50.5 Å². The van der Waals surface area contributed by atoms with Crippen molar-refractivity contribution in [2.75, 3.05) is 6.61 Å². The van der Waals surface area contributed by atoms with E-state index in [2.05, 4.69) is 30.4 Å². The SMILES string of the molecule is CC(NS(=O)(=O)c1cnn(CCCO)c1)c1nn[nH]n1. The molecule has 110 valence electrons. The molecule has 0 aliphatic carbocycles. The first kappa shape index (κ1) is 14.6. The number of aromatic amines is 1. The molecule has 0 radical (unpaired) electrons. The van der Waals surface area contributed by atoms with Gasteiger partial charge in [0.15, 0.2) is 5.82 Å². The van der Waals surface area contributed by atoms with Crippen LogP contribution in [0.1, 0.15) is 25.2 Å². The van der Waals surface area contributed by atoms with E-state index in [9.17, 15) is 8.42 Å². The van der Waals surface area contributed by atoms with Crippen LogP contribution in [0.4, 0.5) is 0 Å². The fourth-order valence-corrected chi connectivity index (χ4v) is 2.70. The predicted octanol–water partition coefficient (Wildman–Crippen LogP) is -1.18. The fraction of sp³-hybridized carbons (Fsp3) is 0.556. The number of nitrogens with one attached hydrogen (secondary N) is 2. The predicted molar refractivity (Wildman–Crippen MR) is 66.8 cm³/mol. The molecule has 0 bridgehead atoms. The third-order valence-electron chi connectivity index (χ3n) is 2.55. The summed E-state index contributed by atoms with van der Waals surface area (Å²) in [6.07, 6.45) is 3.16. The summed E-state index contributed by atoms with van der Waals surface area (Å²) >= 11 is 0. The molecule has 2 aromatic rings. The molecule has 1 unspecified atom stereocenters. The van der Waals surface area contributed by atoms with Gasteiger partial charge < -0.3 is 5.11 Å². The Kier molecular flexibility index (Phi) is 4.42. The maximum Gasteiger partial charge on any atom is 0.244 e. The van der Waals surface area contributed by atoms with Gasteiger partial charge in [-0.15, -0.1) is 10.2 Å². The molecule has 11 heteroatoms. The first-order chi connectivity index (χ1) is 9.53. The number of aliphatic hydroxyl groups excluding tert-OH is 1. The Morgan fingerprint density at radius 2 is 2.35 bits per heavy atom. The highest BCUT2D eigenvalue weighted by Gasteiger charge is 2.22. The van der Waals surface area contributed by atoms with Crippen molar-refractivity contribution in [3.63, 3.8) is 0 Å². The second-order valence-electron chi connectivity index (χ2n) is 4.13. The lowest BCUT2D eigenvalue weighted by Crippen LogP contribution is -2.27. The minimum absolute atomic E-state index is 0.0229. The van der Waals surface area contributed by atoms with Gasteiger partial charge in [-0.1, -0.05) is 5.21 Å². The second-order valence-corrected chi connectivity index (χ2v) is 5.84. The van der Waals surface area contributed by atoms with Crippen LogP contribution in [0, 0.1) is 0 Å². The van der Waals surface area contributed by atoms with Crippen LogP contribution in [0.5, 0.6) is 0 Å².